The maximum absolute atomic E-state index is 13.9. The normalized spacial score (nSPS) is 23.5. The average Bonchev–Trinajstić information content (AvgIpc) is 3.24. The predicted octanol–water partition coefficient (Wildman–Crippen LogP) is 5.31. The van der Waals surface area contributed by atoms with Crippen LogP contribution >= 0.6 is 0 Å². The van der Waals surface area contributed by atoms with E-state index in [0.717, 1.165) is 47.8 Å². The highest BCUT2D eigenvalue weighted by Gasteiger charge is 2.49. The van der Waals surface area contributed by atoms with Crippen LogP contribution in [0.4, 0.5) is 0 Å². The number of piperazine rings is 1. The summed E-state index contributed by atoms with van der Waals surface area (Å²) in [7, 11) is 0. The quantitative estimate of drug-likeness (QED) is 0.582. The zero-order valence-corrected chi connectivity index (χ0v) is 20.1. The number of fused-ring (bicyclic) bond motifs is 4. The molecular weight excluding hydrogens is 422 g/mol. The highest BCUT2D eigenvalue weighted by atomic mass is 16.2. The van der Waals surface area contributed by atoms with Gasteiger partial charge in [-0.1, -0.05) is 75.6 Å². The van der Waals surface area contributed by atoms with Crippen molar-refractivity contribution in [1.82, 2.24) is 14.8 Å². The van der Waals surface area contributed by atoms with Gasteiger partial charge in [-0.3, -0.25) is 9.59 Å². The molecule has 5 nitrogen and oxygen atoms in total. The standard InChI is InChI=1S/C29H33N3O2/c1-18(2)19-12-14-20(15-13-19)28-27-23(22-10-6-7-11-24(22)30-27)16-25-29(34)31(17-26(33)32(25)28)21-8-4-3-5-9-21/h6-7,10-15,18,21,25,28,30H,3-5,8-9,16-17H2,1-2H3/t25-,28+/m0/s1. The number of carbonyl (C=O) groups excluding carboxylic acids is 2. The first-order chi connectivity index (χ1) is 16.5. The molecule has 2 amide bonds. The van der Waals surface area contributed by atoms with Crippen molar-refractivity contribution in [2.24, 2.45) is 0 Å². The molecule has 34 heavy (non-hydrogen) atoms. The van der Waals surface area contributed by atoms with Crippen LogP contribution in [0.5, 0.6) is 0 Å². The maximum atomic E-state index is 13.9. The van der Waals surface area contributed by atoms with Gasteiger partial charge in [0.25, 0.3) is 0 Å². The van der Waals surface area contributed by atoms with Crippen molar-refractivity contribution in [3.05, 3.63) is 70.9 Å². The van der Waals surface area contributed by atoms with Gasteiger partial charge < -0.3 is 14.8 Å². The summed E-state index contributed by atoms with van der Waals surface area (Å²) in [6, 6.07) is 16.4. The van der Waals surface area contributed by atoms with Gasteiger partial charge in [0, 0.05) is 29.1 Å². The van der Waals surface area contributed by atoms with E-state index in [-0.39, 0.29) is 30.4 Å². The lowest BCUT2D eigenvalue weighted by Gasteiger charge is -2.49. The zero-order chi connectivity index (χ0) is 23.4. The van der Waals surface area contributed by atoms with Gasteiger partial charge >= 0.3 is 0 Å². The third-order valence-electron chi connectivity index (χ3n) is 8.23. The lowest BCUT2D eigenvalue weighted by molar-refractivity contribution is -0.161. The molecule has 5 heteroatoms. The van der Waals surface area contributed by atoms with Crippen molar-refractivity contribution in [3.63, 3.8) is 0 Å². The summed E-state index contributed by atoms with van der Waals surface area (Å²) >= 11 is 0. The number of aromatic nitrogens is 1. The van der Waals surface area contributed by atoms with Gasteiger partial charge in [0.2, 0.25) is 11.8 Å². The molecule has 2 atom stereocenters. The lowest BCUT2D eigenvalue weighted by Crippen LogP contribution is -2.65. The van der Waals surface area contributed by atoms with Crippen molar-refractivity contribution >= 4 is 22.7 Å². The van der Waals surface area contributed by atoms with Crippen LogP contribution in [0.25, 0.3) is 10.9 Å². The monoisotopic (exact) mass is 455 g/mol. The van der Waals surface area contributed by atoms with Crippen LogP contribution in [0.1, 0.15) is 80.3 Å². The number of hydrogen-bond donors (Lipinski definition) is 1. The first-order valence-electron chi connectivity index (χ1n) is 12.8. The number of nitrogens with one attached hydrogen (secondary N) is 1. The summed E-state index contributed by atoms with van der Waals surface area (Å²) in [5, 5.41) is 1.16. The first kappa shape index (κ1) is 21.5. The Morgan fingerprint density at radius 2 is 1.68 bits per heavy atom. The van der Waals surface area contributed by atoms with Crippen LogP contribution in [-0.4, -0.2) is 45.2 Å². The van der Waals surface area contributed by atoms with Gasteiger partial charge in [0.05, 0.1) is 6.04 Å². The smallest absolute Gasteiger partial charge is 0.246 e. The second-order valence-corrected chi connectivity index (χ2v) is 10.6. The van der Waals surface area contributed by atoms with Crippen LogP contribution in [0.15, 0.2) is 48.5 Å². The molecule has 1 aliphatic carbocycles. The molecule has 2 fully saturated rings. The van der Waals surface area contributed by atoms with Crippen LogP contribution in [0.3, 0.4) is 0 Å². The first-order valence-corrected chi connectivity index (χ1v) is 12.8. The van der Waals surface area contributed by atoms with Crippen LogP contribution in [0.2, 0.25) is 0 Å². The average molecular weight is 456 g/mol. The largest absolute Gasteiger partial charge is 0.356 e. The topological polar surface area (TPSA) is 56.4 Å². The van der Waals surface area contributed by atoms with Crippen molar-refractivity contribution in [2.75, 3.05) is 6.54 Å². The third-order valence-corrected chi connectivity index (χ3v) is 8.23. The van der Waals surface area contributed by atoms with Crippen molar-refractivity contribution in [3.8, 4) is 0 Å². The Labute approximate surface area is 201 Å². The molecule has 1 saturated carbocycles. The summed E-state index contributed by atoms with van der Waals surface area (Å²) in [6.45, 7) is 4.58. The van der Waals surface area contributed by atoms with Gasteiger partial charge in [-0.25, -0.2) is 0 Å². The Balaban J connectivity index is 1.46. The number of amides is 2. The number of nitrogens with zero attached hydrogens (tertiary/aromatic N) is 2. The Morgan fingerprint density at radius 3 is 2.41 bits per heavy atom. The minimum atomic E-state index is -0.440. The van der Waals surface area contributed by atoms with E-state index in [2.05, 4.69) is 61.3 Å². The summed E-state index contributed by atoms with van der Waals surface area (Å²) in [5.41, 5.74) is 5.65. The van der Waals surface area contributed by atoms with E-state index >= 15 is 0 Å². The van der Waals surface area contributed by atoms with Crippen LogP contribution < -0.4 is 0 Å². The number of aromatic amines is 1. The number of benzene rings is 2. The fourth-order valence-corrected chi connectivity index (χ4v) is 6.40. The highest BCUT2D eigenvalue weighted by Crippen LogP contribution is 2.43. The van der Waals surface area contributed by atoms with E-state index in [1.165, 1.54) is 17.5 Å². The minimum absolute atomic E-state index is 0.0671. The Bertz CT molecular complexity index is 1240. The number of hydrogen-bond acceptors (Lipinski definition) is 2. The molecule has 1 N–H and O–H groups in total. The highest BCUT2D eigenvalue weighted by molar-refractivity contribution is 5.97. The van der Waals surface area contributed by atoms with Crippen molar-refractivity contribution in [1.29, 1.82) is 0 Å². The third kappa shape index (κ3) is 3.36. The second kappa shape index (κ2) is 8.30. The van der Waals surface area contributed by atoms with Crippen LogP contribution in [0, 0.1) is 0 Å². The molecule has 1 saturated heterocycles. The summed E-state index contributed by atoms with van der Waals surface area (Å²) in [6.07, 6.45) is 6.14. The SMILES string of the molecule is CC(C)c1ccc([C@@H]2c3[nH]c4ccccc4c3C[C@H]3C(=O)N(C4CCCCC4)CC(=O)N23)cc1. The molecule has 3 aliphatic rings. The van der Waals surface area contributed by atoms with Crippen molar-refractivity contribution < 1.29 is 9.59 Å². The second-order valence-electron chi connectivity index (χ2n) is 10.6. The molecule has 2 aromatic carbocycles. The molecule has 176 valence electrons. The molecule has 0 unspecified atom stereocenters. The summed E-state index contributed by atoms with van der Waals surface area (Å²) in [4.78, 5) is 35.1. The molecule has 0 radical (unpaired) electrons. The zero-order valence-electron chi connectivity index (χ0n) is 20.1. The van der Waals surface area contributed by atoms with Gasteiger partial charge in [-0.2, -0.15) is 0 Å². The molecule has 6 rings (SSSR count). The van der Waals surface area contributed by atoms with Gasteiger partial charge in [-0.05, 0) is 41.5 Å². The fourth-order valence-electron chi connectivity index (χ4n) is 6.40. The van der Waals surface area contributed by atoms with E-state index in [1.807, 2.05) is 15.9 Å². The van der Waals surface area contributed by atoms with E-state index in [9.17, 15) is 9.59 Å². The van der Waals surface area contributed by atoms with E-state index < -0.39 is 6.04 Å². The molecule has 0 spiro atoms. The molecule has 3 aromatic rings. The minimum Gasteiger partial charge on any atom is -0.356 e. The van der Waals surface area contributed by atoms with E-state index in [4.69, 9.17) is 0 Å². The molecule has 0 bridgehead atoms. The van der Waals surface area contributed by atoms with Gasteiger partial charge in [-0.15, -0.1) is 0 Å². The van der Waals surface area contributed by atoms with Gasteiger partial charge in [0.15, 0.2) is 0 Å². The number of carbonyl (C=O) groups is 2. The Morgan fingerprint density at radius 1 is 0.941 bits per heavy atom. The predicted molar refractivity (Wildman–Crippen MR) is 134 cm³/mol. The van der Waals surface area contributed by atoms with Gasteiger partial charge in [0.1, 0.15) is 12.6 Å². The Kier molecular flexibility index (Phi) is 5.23. The lowest BCUT2D eigenvalue weighted by atomic mass is 9.84. The Hall–Kier alpha value is -3.08. The number of rotatable bonds is 3. The summed E-state index contributed by atoms with van der Waals surface area (Å²) in [5.74, 6) is 0.641. The number of para-hydroxylation sites is 1. The molecule has 2 aliphatic heterocycles. The van der Waals surface area contributed by atoms with E-state index in [1.54, 1.807) is 0 Å². The fraction of sp³-hybridized carbons (Fsp3) is 0.448. The number of H-pyrrole nitrogens is 1. The molecule has 3 heterocycles. The van der Waals surface area contributed by atoms with E-state index in [0.29, 0.717) is 12.3 Å². The molecule has 1 aromatic heterocycles. The summed E-state index contributed by atoms with van der Waals surface area (Å²) < 4.78 is 0. The molecular formula is C29H33N3O2. The van der Waals surface area contributed by atoms with Crippen molar-refractivity contribution in [2.45, 2.75) is 76.4 Å². The van der Waals surface area contributed by atoms with Crippen LogP contribution in [-0.2, 0) is 16.0 Å². The maximum Gasteiger partial charge on any atom is 0.246 e.